The Hall–Kier alpha value is -1.66. The minimum atomic E-state index is -0.875. The maximum Gasteiger partial charge on any atom is 0.271 e. The van der Waals surface area contributed by atoms with Gasteiger partial charge in [0.05, 0.1) is 23.6 Å². The van der Waals surface area contributed by atoms with Crippen molar-refractivity contribution in [2.24, 2.45) is 0 Å². The van der Waals surface area contributed by atoms with Gasteiger partial charge < -0.3 is 10.0 Å². The number of non-ortho nitro benzene ring substituents is 1. The van der Waals surface area contributed by atoms with Gasteiger partial charge in [0.25, 0.3) is 11.6 Å². The van der Waals surface area contributed by atoms with Crippen molar-refractivity contribution < 1.29 is 14.8 Å². The van der Waals surface area contributed by atoms with Gasteiger partial charge in [0.2, 0.25) is 0 Å². The SMILES string of the molecule is CC1(O)CN(C(=O)c2cc(Cl)cc([N+](=O)[O-])c2)C1. The monoisotopic (exact) mass is 270 g/mol. The van der Waals surface area contributed by atoms with Gasteiger partial charge >= 0.3 is 0 Å². The molecule has 7 heteroatoms. The predicted octanol–water partition coefficient (Wildman–Crippen LogP) is 1.46. The van der Waals surface area contributed by atoms with Crippen molar-refractivity contribution in [3.05, 3.63) is 38.9 Å². The Morgan fingerprint density at radius 1 is 1.50 bits per heavy atom. The van der Waals surface area contributed by atoms with Gasteiger partial charge in [0, 0.05) is 22.7 Å². The van der Waals surface area contributed by atoms with E-state index in [9.17, 15) is 20.0 Å². The van der Waals surface area contributed by atoms with Crippen LogP contribution in [0.2, 0.25) is 5.02 Å². The number of halogens is 1. The number of amides is 1. The molecule has 0 radical (unpaired) electrons. The number of aliphatic hydroxyl groups is 1. The van der Waals surface area contributed by atoms with E-state index in [2.05, 4.69) is 0 Å². The molecule has 1 aromatic carbocycles. The molecule has 0 unspecified atom stereocenters. The molecule has 6 nitrogen and oxygen atoms in total. The normalized spacial score (nSPS) is 17.2. The topological polar surface area (TPSA) is 83.7 Å². The van der Waals surface area contributed by atoms with Crippen molar-refractivity contribution in [1.82, 2.24) is 4.90 Å². The lowest BCUT2D eigenvalue weighted by atomic mass is 9.96. The molecular formula is C11H11ClN2O4. The summed E-state index contributed by atoms with van der Waals surface area (Å²) in [5, 5.41) is 20.4. The highest BCUT2D eigenvalue weighted by Crippen LogP contribution is 2.26. The lowest BCUT2D eigenvalue weighted by molar-refractivity contribution is -0.384. The van der Waals surface area contributed by atoms with Gasteiger partial charge in [-0.25, -0.2) is 0 Å². The van der Waals surface area contributed by atoms with Gasteiger partial charge in [-0.15, -0.1) is 0 Å². The molecule has 0 aliphatic carbocycles. The van der Waals surface area contributed by atoms with E-state index in [1.54, 1.807) is 6.92 Å². The fourth-order valence-electron chi connectivity index (χ4n) is 1.91. The molecule has 1 heterocycles. The maximum absolute atomic E-state index is 12.0. The molecule has 1 N–H and O–H groups in total. The van der Waals surface area contributed by atoms with Gasteiger partial charge in [0.1, 0.15) is 0 Å². The number of β-amino-alcohol motifs (C(OH)–C–C–N with tert-alkyl or cyclic N) is 1. The molecule has 0 aromatic heterocycles. The molecule has 1 fully saturated rings. The van der Waals surface area contributed by atoms with Crippen LogP contribution >= 0.6 is 11.6 Å². The van der Waals surface area contributed by atoms with Crippen molar-refractivity contribution in [3.63, 3.8) is 0 Å². The lowest BCUT2D eigenvalue weighted by Gasteiger charge is -2.44. The summed E-state index contributed by atoms with van der Waals surface area (Å²) in [5.74, 6) is -0.368. The van der Waals surface area contributed by atoms with Crippen LogP contribution < -0.4 is 0 Å². The van der Waals surface area contributed by atoms with E-state index in [0.29, 0.717) is 0 Å². The maximum atomic E-state index is 12.0. The molecule has 18 heavy (non-hydrogen) atoms. The third-order valence-electron chi connectivity index (χ3n) is 2.69. The number of nitro benzene ring substituents is 1. The number of likely N-dealkylation sites (tertiary alicyclic amines) is 1. The molecule has 0 spiro atoms. The molecule has 96 valence electrons. The molecule has 0 atom stereocenters. The molecule has 1 saturated heterocycles. The van der Waals surface area contributed by atoms with Crippen LogP contribution in [-0.4, -0.2) is 39.5 Å². The molecular weight excluding hydrogens is 260 g/mol. The van der Waals surface area contributed by atoms with Crippen molar-refractivity contribution >= 4 is 23.2 Å². The first-order chi connectivity index (χ1) is 8.28. The van der Waals surface area contributed by atoms with Crippen LogP contribution in [0.5, 0.6) is 0 Å². The van der Waals surface area contributed by atoms with Crippen LogP contribution in [0.25, 0.3) is 0 Å². The first-order valence-corrected chi connectivity index (χ1v) is 5.63. The third kappa shape index (κ3) is 2.44. The van der Waals surface area contributed by atoms with Crippen LogP contribution in [0.4, 0.5) is 5.69 Å². The number of hydrogen-bond donors (Lipinski definition) is 1. The summed E-state index contributed by atoms with van der Waals surface area (Å²) in [6.45, 7) is 2.05. The van der Waals surface area contributed by atoms with Gasteiger partial charge in [-0.05, 0) is 13.0 Å². The average Bonchev–Trinajstić information content (AvgIpc) is 2.23. The van der Waals surface area contributed by atoms with Crippen LogP contribution in [0.1, 0.15) is 17.3 Å². The van der Waals surface area contributed by atoms with Crippen LogP contribution in [0.15, 0.2) is 18.2 Å². The van der Waals surface area contributed by atoms with Crippen molar-refractivity contribution in [3.8, 4) is 0 Å². The second kappa shape index (κ2) is 4.22. The van der Waals surface area contributed by atoms with Crippen LogP contribution in [-0.2, 0) is 0 Å². The quantitative estimate of drug-likeness (QED) is 0.651. The zero-order valence-corrected chi connectivity index (χ0v) is 10.3. The molecule has 0 saturated carbocycles. The highest BCUT2D eigenvalue weighted by molar-refractivity contribution is 6.31. The molecule has 1 amide bonds. The zero-order valence-electron chi connectivity index (χ0n) is 9.59. The first-order valence-electron chi connectivity index (χ1n) is 5.25. The second-order valence-electron chi connectivity index (χ2n) is 4.61. The van der Waals surface area contributed by atoms with E-state index in [1.807, 2.05) is 0 Å². The summed E-state index contributed by atoms with van der Waals surface area (Å²) >= 11 is 5.74. The summed E-state index contributed by atoms with van der Waals surface area (Å²) in [5.41, 5.74) is -0.942. The van der Waals surface area contributed by atoms with Crippen molar-refractivity contribution in [1.29, 1.82) is 0 Å². The minimum Gasteiger partial charge on any atom is -0.386 e. The molecule has 0 bridgehead atoms. The number of rotatable bonds is 2. The van der Waals surface area contributed by atoms with Gasteiger partial charge in [-0.1, -0.05) is 11.6 Å². The smallest absolute Gasteiger partial charge is 0.271 e. The Kier molecular flexibility index (Phi) is 3.00. The zero-order chi connectivity index (χ0) is 13.5. The first kappa shape index (κ1) is 12.8. The number of carbonyl (C=O) groups excluding carboxylic acids is 1. The minimum absolute atomic E-state index is 0.139. The molecule has 2 rings (SSSR count). The summed E-state index contributed by atoms with van der Waals surface area (Å²) in [6, 6.07) is 3.75. The van der Waals surface area contributed by atoms with E-state index in [0.717, 1.165) is 0 Å². The fraction of sp³-hybridized carbons (Fsp3) is 0.364. The highest BCUT2D eigenvalue weighted by Gasteiger charge is 2.39. The largest absolute Gasteiger partial charge is 0.386 e. The Bertz CT molecular complexity index is 522. The summed E-state index contributed by atoms with van der Waals surface area (Å²) in [4.78, 5) is 23.5. The standard InChI is InChI=1S/C11H11ClN2O4/c1-11(16)5-13(6-11)10(15)7-2-8(12)4-9(3-7)14(17)18/h2-4,16H,5-6H2,1H3. The van der Waals surface area contributed by atoms with Gasteiger partial charge in [-0.2, -0.15) is 0 Å². The number of nitro groups is 1. The highest BCUT2D eigenvalue weighted by atomic mass is 35.5. The second-order valence-corrected chi connectivity index (χ2v) is 5.05. The molecule has 1 aliphatic heterocycles. The van der Waals surface area contributed by atoms with E-state index in [4.69, 9.17) is 11.6 Å². The Morgan fingerprint density at radius 3 is 2.61 bits per heavy atom. The van der Waals surface area contributed by atoms with Crippen molar-refractivity contribution in [2.75, 3.05) is 13.1 Å². The van der Waals surface area contributed by atoms with Crippen LogP contribution in [0.3, 0.4) is 0 Å². The number of nitrogens with zero attached hydrogens (tertiary/aromatic N) is 2. The Balaban J connectivity index is 2.23. The average molecular weight is 271 g/mol. The van der Waals surface area contributed by atoms with E-state index >= 15 is 0 Å². The van der Waals surface area contributed by atoms with E-state index < -0.39 is 10.5 Å². The van der Waals surface area contributed by atoms with E-state index in [-0.39, 0.29) is 35.3 Å². The Labute approximate surface area is 108 Å². The Morgan fingerprint density at radius 2 is 2.11 bits per heavy atom. The number of carbonyl (C=O) groups is 1. The summed E-state index contributed by atoms with van der Waals surface area (Å²) < 4.78 is 0. The lowest BCUT2D eigenvalue weighted by Crippen LogP contribution is -2.61. The fourth-order valence-corrected chi connectivity index (χ4v) is 2.13. The van der Waals surface area contributed by atoms with Crippen molar-refractivity contribution in [2.45, 2.75) is 12.5 Å². The number of benzene rings is 1. The summed E-state index contributed by atoms with van der Waals surface area (Å²) in [6.07, 6.45) is 0. The third-order valence-corrected chi connectivity index (χ3v) is 2.91. The summed E-state index contributed by atoms with van der Waals surface area (Å²) in [7, 11) is 0. The number of hydrogen-bond acceptors (Lipinski definition) is 4. The van der Waals surface area contributed by atoms with Gasteiger partial charge in [-0.3, -0.25) is 14.9 Å². The van der Waals surface area contributed by atoms with Gasteiger partial charge in [0.15, 0.2) is 0 Å². The predicted molar refractivity (Wildman–Crippen MR) is 64.6 cm³/mol. The van der Waals surface area contributed by atoms with E-state index in [1.165, 1.54) is 23.1 Å². The molecule has 1 aliphatic rings. The van der Waals surface area contributed by atoms with Crippen LogP contribution in [0, 0.1) is 10.1 Å². The molecule has 1 aromatic rings.